The van der Waals surface area contributed by atoms with Gasteiger partial charge in [-0.1, -0.05) is 18.2 Å². The summed E-state index contributed by atoms with van der Waals surface area (Å²) < 4.78 is 13.5. The van der Waals surface area contributed by atoms with E-state index in [2.05, 4.69) is 52.7 Å². The predicted octanol–water partition coefficient (Wildman–Crippen LogP) is 4.30. The number of nitrogens with one attached hydrogen (secondary N) is 3. The number of fused-ring (bicyclic) bond motifs is 1. The third kappa shape index (κ3) is 6.19. The first kappa shape index (κ1) is 27.9. The Morgan fingerprint density at radius 3 is 2.65 bits per heavy atom. The van der Waals surface area contributed by atoms with E-state index in [-0.39, 0.29) is 11.8 Å². The number of hydrogen-bond acceptors (Lipinski definition) is 7. The van der Waals surface area contributed by atoms with Crippen molar-refractivity contribution < 1.29 is 9.18 Å². The number of anilines is 1. The number of hydrogen-bond donors (Lipinski definition) is 3. The van der Waals surface area contributed by atoms with Gasteiger partial charge < -0.3 is 20.4 Å². The molecule has 0 spiro atoms. The minimum atomic E-state index is -0.304. The summed E-state index contributed by atoms with van der Waals surface area (Å²) in [5, 5.41) is 14.6. The smallest absolute Gasteiger partial charge is 0.321 e. The van der Waals surface area contributed by atoms with Crippen LogP contribution in [0.5, 0.6) is 0 Å². The first-order chi connectivity index (χ1) is 21.0. The van der Waals surface area contributed by atoms with E-state index in [1.165, 1.54) is 12.1 Å². The minimum Gasteiger partial charge on any atom is -0.338 e. The van der Waals surface area contributed by atoms with E-state index in [4.69, 9.17) is 0 Å². The van der Waals surface area contributed by atoms with Gasteiger partial charge in [0.05, 0.1) is 11.1 Å². The van der Waals surface area contributed by atoms with Crippen LogP contribution in [0.25, 0.3) is 27.7 Å². The molecule has 1 fully saturated rings. The molecule has 12 heteroatoms. The molecule has 0 bridgehead atoms. The molecule has 3 aromatic heterocycles. The van der Waals surface area contributed by atoms with Crippen molar-refractivity contribution in [3.63, 3.8) is 0 Å². The third-order valence-corrected chi connectivity index (χ3v) is 7.48. The van der Waals surface area contributed by atoms with Crippen molar-refractivity contribution in [2.45, 2.75) is 6.42 Å². The molecule has 1 saturated heterocycles. The standard InChI is InChI=1S/C31H31FN10O/c1-33-30(38-27-9-10-34-19-26(27)20-3-6-23(32)7-4-20)28-25-15-22(17-36-29(25)40-39-28)21-5-8-24(18-35-16-21)37-31(43)42-13-11-41(2)12-14-42/h3-7,9-10,15-19H,8,11-14H2,1-2H3,(H,37,43)(H,33,34,38)(H,36,39,40). The number of amidine groups is 1. The van der Waals surface area contributed by atoms with Crippen LogP contribution in [0.3, 0.4) is 0 Å². The maximum absolute atomic E-state index is 13.5. The van der Waals surface area contributed by atoms with Gasteiger partial charge in [0.25, 0.3) is 0 Å². The van der Waals surface area contributed by atoms with E-state index < -0.39 is 0 Å². The number of H-pyrrole nitrogens is 1. The van der Waals surface area contributed by atoms with Crippen molar-refractivity contribution in [2.24, 2.45) is 9.98 Å². The van der Waals surface area contributed by atoms with Gasteiger partial charge in [0.2, 0.25) is 0 Å². The van der Waals surface area contributed by atoms with E-state index in [0.29, 0.717) is 36.7 Å². The maximum Gasteiger partial charge on any atom is 0.321 e. The number of allylic oxidation sites excluding steroid dienone is 2. The molecule has 0 atom stereocenters. The molecule has 11 nitrogen and oxygen atoms in total. The summed E-state index contributed by atoms with van der Waals surface area (Å²) in [7, 11) is 3.75. The highest BCUT2D eigenvalue weighted by Gasteiger charge is 2.20. The highest BCUT2D eigenvalue weighted by Crippen LogP contribution is 2.29. The second kappa shape index (κ2) is 12.3. The highest BCUT2D eigenvalue weighted by molar-refractivity contribution is 6.16. The number of likely N-dealkylation sites (N-methyl/N-ethyl adjacent to an activating group) is 1. The van der Waals surface area contributed by atoms with Gasteiger partial charge in [0.15, 0.2) is 11.5 Å². The van der Waals surface area contributed by atoms with Crippen LogP contribution in [0.15, 0.2) is 82.9 Å². The van der Waals surface area contributed by atoms with Gasteiger partial charge in [-0.2, -0.15) is 5.10 Å². The molecule has 2 aliphatic heterocycles. The lowest BCUT2D eigenvalue weighted by molar-refractivity contribution is 0.156. The Bertz CT molecular complexity index is 1760. The number of carbonyl (C=O) groups excluding carboxylic acids is 1. The number of pyridine rings is 2. The largest absolute Gasteiger partial charge is 0.338 e. The zero-order valence-corrected chi connectivity index (χ0v) is 23.9. The van der Waals surface area contributed by atoms with Gasteiger partial charge in [-0.15, -0.1) is 0 Å². The number of aromatic amines is 1. The van der Waals surface area contributed by atoms with Crippen molar-refractivity contribution in [1.29, 1.82) is 0 Å². The number of benzene rings is 1. The molecule has 0 saturated carbocycles. The zero-order valence-electron chi connectivity index (χ0n) is 23.9. The molecule has 2 amide bonds. The Balaban J connectivity index is 1.21. The monoisotopic (exact) mass is 578 g/mol. The minimum absolute atomic E-state index is 0.104. The average molecular weight is 579 g/mol. The lowest BCUT2D eigenvalue weighted by atomic mass is 10.0. The Morgan fingerprint density at radius 1 is 1.05 bits per heavy atom. The Kier molecular flexibility index (Phi) is 8.01. The van der Waals surface area contributed by atoms with Crippen LogP contribution < -0.4 is 10.6 Å². The van der Waals surface area contributed by atoms with Crippen molar-refractivity contribution >= 4 is 40.4 Å². The van der Waals surface area contributed by atoms with E-state index in [1.54, 1.807) is 50.2 Å². The van der Waals surface area contributed by atoms with E-state index in [0.717, 1.165) is 52.1 Å². The number of halogens is 1. The summed E-state index contributed by atoms with van der Waals surface area (Å²) in [5.74, 6) is 0.247. The number of piperazine rings is 1. The molecule has 0 unspecified atom stereocenters. The molecule has 4 aromatic rings. The van der Waals surface area contributed by atoms with Crippen molar-refractivity contribution in [3.05, 3.63) is 90.0 Å². The lowest BCUT2D eigenvalue weighted by Gasteiger charge is -2.32. The molecular formula is C31H31FN10O. The number of aliphatic imine (C=N–C) groups is 2. The van der Waals surface area contributed by atoms with Crippen LogP contribution in [0.4, 0.5) is 14.9 Å². The molecular weight excluding hydrogens is 547 g/mol. The van der Waals surface area contributed by atoms with E-state index >= 15 is 0 Å². The molecule has 0 aliphatic carbocycles. The summed E-state index contributed by atoms with van der Waals surface area (Å²) in [4.78, 5) is 34.6. The van der Waals surface area contributed by atoms with Gasteiger partial charge in [0, 0.05) is 87.5 Å². The zero-order chi connectivity index (χ0) is 29.8. The third-order valence-electron chi connectivity index (χ3n) is 7.48. The fraction of sp³-hybridized carbons (Fsp3) is 0.226. The van der Waals surface area contributed by atoms with E-state index in [1.807, 2.05) is 23.1 Å². The molecule has 1 aromatic carbocycles. The molecule has 3 N–H and O–H groups in total. The lowest BCUT2D eigenvalue weighted by Crippen LogP contribution is -2.50. The van der Waals surface area contributed by atoms with Gasteiger partial charge in [-0.25, -0.2) is 14.2 Å². The number of nitrogens with zero attached hydrogens (tertiary/aromatic N) is 7. The topological polar surface area (TPSA) is 127 Å². The van der Waals surface area contributed by atoms with Crippen LogP contribution in [0.1, 0.15) is 17.7 Å². The number of urea groups is 1. The number of carbonyl (C=O) groups is 1. The summed E-state index contributed by atoms with van der Waals surface area (Å²) in [6.45, 7) is 3.12. The van der Waals surface area contributed by atoms with Crippen LogP contribution in [-0.4, -0.2) is 88.3 Å². The van der Waals surface area contributed by atoms with Gasteiger partial charge in [-0.3, -0.25) is 20.1 Å². The fourth-order valence-electron chi connectivity index (χ4n) is 4.99. The highest BCUT2D eigenvalue weighted by atomic mass is 19.1. The Morgan fingerprint density at radius 2 is 1.86 bits per heavy atom. The summed E-state index contributed by atoms with van der Waals surface area (Å²) in [5.41, 5.74) is 6.03. The second-order valence-electron chi connectivity index (χ2n) is 10.3. The van der Waals surface area contributed by atoms with Gasteiger partial charge in [0.1, 0.15) is 11.5 Å². The molecule has 0 radical (unpaired) electrons. The van der Waals surface area contributed by atoms with Crippen LogP contribution in [0.2, 0.25) is 0 Å². The molecule has 43 heavy (non-hydrogen) atoms. The Hall–Kier alpha value is -5.23. The van der Waals surface area contributed by atoms with Gasteiger partial charge in [-0.05, 0) is 42.4 Å². The van der Waals surface area contributed by atoms with Crippen LogP contribution in [0, 0.1) is 5.82 Å². The average Bonchev–Trinajstić information content (AvgIpc) is 3.31. The number of rotatable bonds is 5. The SMILES string of the molecule is CN=C(Nc1ccncc1-c1ccc(F)cc1)c1[nH]nc2ncc(C3=CCC(NC(=O)N4CCN(C)CC4)=CN=C3)cc12. The summed E-state index contributed by atoms with van der Waals surface area (Å²) >= 11 is 0. The van der Waals surface area contributed by atoms with Gasteiger partial charge >= 0.3 is 6.03 Å². The first-order valence-corrected chi connectivity index (χ1v) is 13.9. The van der Waals surface area contributed by atoms with E-state index in [9.17, 15) is 9.18 Å². The first-order valence-electron chi connectivity index (χ1n) is 13.9. The predicted molar refractivity (Wildman–Crippen MR) is 166 cm³/mol. The maximum atomic E-state index is 13.5. The van der Waals surface area contributed by atoms with Crippen LogP contribution in [-0.2, 0) is 0 Å². The number of aromatic nitrogens is 4. The van der Waals surface area contributed by atoms with Crippen molar-refractivity contribution in [1.82, 2.24) is 35.3 Å². The molecule has 218 valence electrons. The number of amides is 2. The molecule has 2 aliphatic rings. The fourth-order valence-corrected chi connectivity index (χ4v) is 4.99. The molecule has 5 heterocycles. The van der Waals surface area contributed by atoms with Crippen molar-refractivity contribution in [2.75, 3.05) is 45.6 Å². The van der Waals surface area contributed by atoms with Crippen LogP contribution >= 0.6 is 0 Å². The molecule has 6 rings (SSSR count). The quantitative estimate of drug-likeness (QED) is 0.239. The summed E-state index contributed by atoms with van der Waals surface area (Å²) in [6, 6.07) is 9.99. The van der Waals surface area contributed by atoms with Crippen molar-refractivity contribution in [3.8, 4) is 11.1 Å². The normalized spacial score (nSPS) is 16.1. The summed E-state index contributed by atoms with van der Waals surface area (Å²) in [6.07, 6.45) is 11.1. The second-order valence-corrected chi connectivity index (χ2v) is 10.3. The Labute approximate surface area is 248 Å².